The second-order valence-corrected chi connectivity index (χ2v) is 11.9. The predicted octanol–water partition coefficient (Wildman–Crippen LogP) is 4.71. The molecule has 0 unspecified atom stereocenters. The summed E-state index contributed by atoms with van der Waals surface area (Å²) >= 11 is 0. The summed E-state index contributed by atoms with van der Waals surface area (Å²) in [5.74, 6) is 0.0405. The number of rotatable bonds is 9. The Morgan fingerprint density at radius 3 is 2.49 bits per heavy atom. The molecular formula is C34H37N7O4. The highest BCUT2D eigenvalue weighted by Crippen LogP contribution is 2.30. The van der Waals surface area contributed by atoms with E-state index in [0.29, 0.717) is 47.0 Å². The average Bonchev–Trinajstić information content (AvgIpc) is 3.75. The van der Waals surface area contributed by atoms with Crippen LogP contribution in [0, 0.1) is 0 Å². The Morgan fingerprint density at radius 2 is 1.73 bits per heavy atom. The molecule has 232 valence electrons. The third kappa shape index (κ3) is 6.45. The van der Waals surface area contributed by atoms with Gasteiger partial charge in [-0.25, -0.2) is 4.98 Å². The molecule has 0 saturated carbocycles. The number of carbonyl (C=O) groups excluding carboxylic acids is 3. The number of likely N-dealkylation sites (N-methyl/N-ethyl adjacent to an activating group) is 2. The van der Waals surface area contributed by atoms with E-state index in [9.17, 15) is 14.4 Å². The third-order valence-electron chi connectivity index (χ3n) is 7.98. The Labute approximate surface area is 261 Å². The number of anilines is 2. The molecular weight excluding hydrogens is 570 g/mol. The van der Waals surface area contributed by atoms with Crippen LogP contribution in [0.5, 0.6) is 0 Å². The molecule has 3 N–H and O–H groups in total. The van der Waals surface area contributed by atoms with Crippen molar-refractivity contribution in [1.82, 2.24) is 24.7 Å². The zero-order valence-corrected chi connectivity index (χ0v) is 25.8. The number of aromatic amines is 1. The number of hydrogen-bond donors (Lipinski definition) is 3. The third-order valence-corrected chi connectivity index (χ3v) is 7.98. The number of likely N-dealkylation sites (tertiary alicyclic amines) is 1. The summed E-state index contributed by atoms with van der Waals surface area (Å²) < 4.78 is 6.05. The van der Waals surface area contributed by atoms with Crippen molar-refractivity contribution in [3.8, 4) is 11.6 Å². The smallest absolute Gasteiger partial charge is 0.247 e. The van der Waals surface area contributed by atoms with Crippen LogP contribution in [-0.4, -0.2) is 89.7 Å². The van der Waals surface area contributed by atoms with Crippen molar-refractivity contribution < 1.29 is 18.8 Å². The van der Waals surface area contributed by atoms with Crippen LogP contribution >= 0.6 is 0 Å². The SMILES string of the molecule is CN(C)CC(=O)N1CCC[C@H]1C(=O)Nc1ccc2[nH]c(-c3nc4cc(NC(=O)[C@@H](c5ccccc5)N(C)C)ccc4o3)cc2c1. The molecule has 3 heterocycles. The quantitative estimate of drug-likeness (QED) is 0.222. The van der Waals surface area contributed by atoms with Gasteiger partial charge >= 0.3 is 0 Å². The number of hydrogen-bond acceptors (Lipinski definition) is 7. The number of oxazole rings is 1. The van der Waals surface area contributed by atoms with E-state index in [1.165, 1.54) is 0 Å². The normalized spacial score (nSPS) is 15.7. The number of nitrogens with one attached hydrogen (secondary N) is 3. The molecule has 6 rings (SSSR count). The summed E-state index contributed by atoms with van der Waals surface area (Å²) in [4.78, 5) is 52.4. The van der Waals surface area contributed by atoms with E-state index in [2.05, 4.69) is 20.6 Å². The van der Waals surface area contributed by atoms with Gasteiger partial charge in [0.05, 0.1) is 6.54 Å². The van der Waals surface area contributed by atoms with Gasteiger partial charge < -0.3 is 29.8 Å². The van der Waals surface area contributed by atoms with Crippen molar-refractivity contribution in [3.05, 3.63) is 78.4 Å². The first-order valence-electron chi connectivity index (χ1n) is 15.0. The first kappa shape index (κ1) is 30.0. The maximum atomic E-state index is 13.2. The molecule has 11 heteroatoms. The first-order valence-corrected chi connectivity index (χ1v) is 15.0. The van der Waals surface area contributed by atoms with Crippen LogP contribution in [0.15, 0.2) is 77.2 Å². The molecule has 1 aliphatic heterocycles. The lowest BCUT2D eigenvalue weighted by atomic mass is 10.1. The topological polar surface area (TPSA) is 127 Å². The van der Waals surface area contributed by atoms with Crippen LogP contribution in [-0.2, 0) is 14.4 Å². The first-order chi connectivity index (χ1) is 21.7. The molecule has 11 nitrogen and oxygen atoms in total. The van der Waals surface area contributed by atoms with E-state index in [1.54, 1.807) is 23.1 Å². The fourth-order valence-electron chi connectivity index (χ4n) is 5.90. The molecule has 1 fully saturated rings. The van der Waals surface area contributed by atoms with Gasteiger partial charge in [0.25, 0.3) is 0 Å². The van der Waals surface area contributed by atoms with Gasteiger partial charge in [0, 0.05) is 28.8 Å². The number of H-pyrrole nitrogens is 1. The largest absolute Gasteiger partial charge is 0.435 e. The molecule has 45 heavy (non-hydrogen) atoms. The monoisotopic (exact) mass is 607 g/mol. The summed E-state index contributed by atoms with van der Waals surface area (Å²) in [6.07, 6.45) is 1.45. The minimum absolute atomic E-state index is 0.0406. The highest BCUT2D eigenvalue weighted by Gasteiger charge is 2.34. The van der Waals surface area contributed by atoms with Gasteiger partial charge in [-0.05, 0) is 89.1 Å². The van der Waals surface area contributed by atoms with Gasteiger partial charge in [-0.15, -0.1) is 0 Å². The van der Waals surface area contributed by atoms with Gasteiger partial charge in [-0.2, -0.15) is 0 Å². The van der Waals surface area contributed by atoms with Crippen molar-refractivity contribution >= 4 is 51.1 Å². The highest BCUT2D eigenvalue weighted by molar-refractivity contribution is 6.00. The van der Waals surface area contributed by atoms with E-state index >= 15 is 0 Å². The van der Waals surface area contributed by atoms with Crippen LogP contribution in [0.3, 0.4) is 0 Å². The van der Waals surface area contributed by atoms with Gasteiger partial charge in [-0.1, -0.05) is 30.3 Å². The summed E-state index contributed by atoms with van der Waals surface area (Å²) in [5, 5.41) is 6.89. The Balaban J connectivity index is 1.17. The Morgan fingerprint density at radius 1 is 0.978 bits per heavy atom. The number of nitrogens with zero attached hydrogens (tertiary/aromatic N) is 4. The summed E-state index contributed by atoms with van der Waals surface area (Å²) in [6, 6.07) is 21.6. The number of amides is 3. The Bertz CT molecular complexity index is 1860. The van der Waals surface area contributed by atoms with Crippen LogP contribution in [0.4, 0.5) is 11.4 Å². The standard InChI is InChI=1S/C34H37N7O4/c1-39(2)20-30(42)41-16-8-11-28(41)32(43)35-23-12-14-25-22(17-23)18-27(37-25)34-38-26-19-24(13-15-29(26)45-34)36-33(44)31(40(3)4)21-9-6-5-7-10-21/h5-7,9-10,12-15,17-19,28,31,37H,8,11,16,20H2,1-4H3,(H,35,43)(H,36,44)/t28-,31+/m0/s1. The zero-order valence-electron chi connectivity index (χ0n) is 25.8. The second kappa shape index (κ2) is 12.5. The van der Waals surface area contributed by atoms with Crippen molar-refractivity contribution in [2.24, 2.45) is 0 Å². The van der Waals surface area contributed by atoms with E-state index in [4.69, 9.17) is 4.42 Å². The fourth-order valence-corrected chi connectivity index (χ4v) is 5.90. The van der Waals surface area contributed by atoms with E-state index < -0.39 is 12.1 Å². The van der Waals surface area contributed by atoms with Crippen molar-refractivity contribution in [2.45, 2.75) is 24.9 Å². The lowest BCUT2D eigenvalue weighted by Crippen LogP contribution is -2.46. The number of benzene rings is 3. The number of aromatic nitrogens is 2. The Hall–Kier alpha value is -5.00. The van der Waals surface area contributed by atoms with Gasteiger partial charge in [-0.3, -0.25) is 19.3 Å². The molecule has 0 spiro atoms. The molecule has 0 bridgehead atoms. The minimum atomic E-state index is -0.475. The molecule has 1 saturated heterocycles. The highest BCUT2D eigenvalue weighted by atomic mass is 16.3. The van der Waals surface area contributed by atoms with Crippen LogP contribution in [0.1, 0.15) is 24.4 Å². The average molecular weight is 608 g/mol. The van der Waals surface area contributed by atoms with Gasteiger partial charge in [0.15, 0.2) is 5.58 Å². The van der Waals surface area contributed by atoms with Gasteiger partial charge in [0.2, 0.25) is 23.6 Å². The summed E-state index contributed by atoms with van der Waals surface area (Å²) in [7, 11) is 7.44. The van der Waals surface area contributed by atoms with Crippen molar-refractivity contribution in [2.75, 3.05) is 51.9 Å². The van der Waals surface area contributed by atoms with Crippen LogP contribution in [0.2, 0.25) is 0 Å². The van der Waals surface area contributed by atoms with Crippen molar-refractivity contribution in [3.63, 3.8) is 0 Å². The predicted molar refractivity (Wildman–Crippen MR) is 175 cm³/mol. The Kier molecular flexibility index (Phi) is 8.38. The molecule has 0 radical (unpaired) electrons. The second-order valence-electron chi connectivity index (χ2n) is 11.9. The zero-order chi connectivity index (χ0) is 31.7. The molecule has 3 amide bonds. The lowest BCUT2D eigenvalue weighted by molar-refractivity contribution is -0.137. The maximum absolute atomic E-state index is 13.2. The molecule has 5 aromatic rings. The van der Waals surface area contributed by atoms with Crippen LogP contribution < -0.4 is 10.6 Å². The molecule has 3 aromatic carbocycles. The maximum Gasteiger partial charge on any atom is 0.247 e. The number of fused-ring (bicyclic) bond motifs is 2. The molecule has 1 aliphatic rings. The molecule has 0 aliphatic carbocycles. The fraction of sp³-hybridized carbons (Fsp3) is 0.294. The van der Waals surface area contributed by atoms with Gasteiger partial charge in [0.1, 0.15) is 23.3 Å². The summed E-state index contributed by atoms with van der Waals surface area (Å²) in [6.45, 7) is 0.867. The summed E-state index contributed by atoms with van der Waals surface area (Å²) in [5.41, 5.74) is 4.92. The van der Waals surface area contributed by atoms with E-state index in [0.717, 1.165) is 22.9 Å². The minimum Gasteiger partial charge on any atom is -0.435 e. The van der Waals surface area contributed by atoms with E-state index in [-0.39, 0.29) is 24.3 Å². The molecule has 2 atom stereocenters. The van der Waals surface area contributed by atoms with Crippen LogP contribution in [0.25, 0.3) is 33.6 Å². The lowest BCUT2D eigenvalue weighted by Gasteiger charge is -2.25. The van der Waals surface area contributed by atoms with E-state index in [1.807, 2.05) is 92.6 Å². The van der Waals surface area contributed by atoms with Crippen molar-refractivity contribution in [1.29, 1.82) is 0 Å². The molecule has 2 aromatic heterocycles. The number of carbonyl (C=O) groups is 3.